The molecule has 0 fully saturated rings. The molecule has 2 aromatic rings. The zero-order chi connectivity index (χ0) is 18.2. The lowest BCUT2D eigenvalue weighted by atomic mass is 10.2. The van der Waals surface area contributed by atoms with Crippen LogP contribution in [-0.2, 0) is 9.47 Å². The quantitative estimate of drug-likeness (QED) is 0.538. The number of ether oxygens (including phenoxy) is 2. The molecule has 25 heavy (non-hydrogen) atoms. The van der Waals surface area contributed by atoms with Crippen LogP contribution in [0.2, 0.25) is 0 Å². The van der Waals surface area contributed by atoms with Crippen molar-refractivity contribution in [3.8, 4) is 11.7 Å². The summed E-state index contributed by atoms with van der Waals surface area (Å²) in [6.45, 7) is 2.92. The smallest absolute Gasteiger partial charge is 0.345 e. The predicted molar refractivity (Wildman–Crippen MR) is 87.8 cm³/mol. The number of carbonyl (C=O) groups is 2. The summed E-state index contributed by atoms with van der Waals surface area (Å²) in [6.07, 6.45) is 3.28. The summed E-state index contributed by atoms with van der Waals surface area (Å²) < 4.78 is 10.8. The molecule has 0 aliphatic carbocycles. The van der Waals surface area contributed by atoms with Gasteiger partial charge < -0.3 is 19.9 Å². The third-order valence-electron chi connectivity index (χ3n) is 3.28. The van der Waals surface area contributed by atoms with Gasteiger partial charge in [-0.2, -0.15) is 9.78 Å². The first-order valence-electron chi connectivity index (χ1n) is 7.76. The molecule has 2 N–H and O–H groups in total. The van der Waals surface area contributed by atoms with Crippen LogP contribution in [0.25, 0.3) is 5.82 Å². The Labute approximate surface area is 144 Å². The Bertz CT molecular complexity index is 727. The maximum Gasteiger partial charge on any atom is 0.345 e. The first-order chi connectivity index (χ1) is 12.1. The number of hydrogen-bond donors (Lipinski definition) is 2. The van der Waals surface area contributed by atoms with Gasteiger partial charge in [0.2, 0.25) is 5.88 Å². The largest absolute Gasteiger partial charge is 0.493 e. The Morgan fingerprint density at radius 1 is 1.32 bits per heavy atom. The molecule has 0 bridgehead atoms. The van der Waals surface area contributed by atoms with Gasteiger partial charge in [0.15, 0.2) is 5.82 Å². The van der Waals surface area contributed by atoms with E-state index >= 15 is 0 Å². The van der Waals surface area contributed by atoms with E-state index in [1.54, 1.807) is 20.1 Å². The molecule has 134 valence electrons. The van der Waals surface area contributed by atoms with E-state index in [0.29, 0.717) is 25.1 Å². The van der Waals surface area contributed by atoms with E-state index < -0.39 is 5.97 Å². The van der Waals surface area contributed by atoms with E-state index in [4.69, 9.17) is 9.47 Å². The molecular formula is C16H20N4O5. The fraction of sp³-hybridized carbons (Fsp3) is 0.375. The van der Waals surface area contributed by atoms with Crippen molar-refractivity contribution in [3.05, 3.63) is 35.7 Å². The standard InChI is InChI=1S/C16H20N4O5/c1-3-25-16(23)12-10-19-20(15(12)22)13-6-5-11(9-18-13)14(21)17-7-4-8-24-2/h5-6,9-10,22H,3-4,7-8H2,1-2H3,(H,17,21). The SMILES string of the molecule is CCOC(=O)c1cnn(-c2ccc(C(=O)NCCCOC)cn2)c1O. The summed E-state index contributed by atoms with van der Waals surface area (Å²) >= 11 is 0. The number of nitrogens with zero attached hydrogens (tertiary/aromatic N) is 3. The Morgan fingerprint density at radius 2 is 2.12 bits per heavy atom. The minimum atomic E-state index is -0.668. The molecule has 0 unspecified atom stereocenters. The molecule has 0 radical (unpaired) electrons. The van der Waals surface area contributed by atoms with Crippen molar-refractivity contribution in [2.24, 2.45) is 0 Å². The van der Waals surface area contributed by atoms with Crippen LogP contribution in [0.15, 0.2) is 24.5 Å². The second kappa shape index (κ2) is 8.78. The molecule has 2 aromatic heterocycles. The summed E-state index contributed by atoms with van der Waals surface area (Å²) in [5.74, 6) is -1.03. The molecule has 9 heteroatoms. The zero-order valence-corrected chi connectivity index (χ0v) is 14.1. The number of carbonyl (C=O) groups excluding carboxylic acids is 2. The van der Waals surface area contributed by atoms with Crippen LogP contribution in [0, 0.1) is 0 Å². The zero-order valence-electron chi connectivity index (χ0n) is 14.1. The molecule has 0 atom stereocenters. The highest BCUT2D eigenvalue weighted by molar-refractivity contribution is 5.94. The Morgan fingerprint density at radius 3 is 2.76 bits per heavy atom. The molecule has 2 rings (SSSR count). The van der Waals surface area contributed by atoms with Crippen molar-refractivity contribution >= 4 is 11.9 Å². The van der Waals surface area contributed by atoms with Gasteiger partial charge in [0.05, 0.1) is 18.4 Å². The van der Waals surface area contributed by atoms with Crippen LogP contribution in [0.4, 0.5) is 0 Å². The van der Waals surface area contributed by atoms with Gasteiger partial charge >= 0.3 is 5.97 Å². The summed E-state index contributed by atoms with van der Waals surface area (Å²) in [5, 5.41) is 16.8. The van der Waals surface area contributed by atoms with E-state index in [0.717, 1.165) is 4.68 Å². The van der Waals surface area contributed by atoms with Crippen molar-refractivity contribution < 1.29 is 24.2 Å². The van der Waals surface area contributed by atoms with E-state index in [9.17, 15) is 14.7 Å². The van der Waals surface area contributed by atoms with Gasteiger partial charge in [-0.05, 0) is 25.5 Å². The number of pyridine rings is 1. The number of rotatable bonds is 8. The van der Waals surface area contributed by atoms with Crippen molar-refractivity contribution in [3.63, 3.8) is 0 Å². The molecule has 1 amide bonds. The highest BCUT2D eigenvalue weighted by atomic mass is 16.5. The molecule has 9 nitrogen and oxygen atoms in total. The molecule has 0 saturated heterocycles. The van der Waals surface area contributed by atoms with Crippen LogP contribution < -0.4 is 5.32 Å². The first kappa shape index (κ1) is 18.4. The fourth-order valence-corrected chi connectivity index (χ4v) is 2.03. The van der Waals surface area contributed by atoms with Gasteiger partial charge in [-0.1, -0.05) is 0 Å². The monoisotopic (exact) mass is 348 g/mol. The van der Waals surface area contributed by atoms with Crippen molar-refractivity contribution in [2.45, 2.75) is 13.3 Å². The van der Waals surface area contributed by atoms with Crippen molar-refractivity contribution in [2.75, 3.05) is 26.9 Å². The molecule has 0 spiro atoms. The molecule has 0 saturated carbocycles. The van der Waals surface area contributed by atoms with Gasteiger partial charge in [-0.25, -0.2) is 9.78 Å². The third kappa shape index (κ3) is 4.54. The van der Waals surface area contributed by atoms with Crippen LogP contribution in [0.1, 0.15) is 34.1 Å². The number of esters is 1. The lowest BCUT2D eigenvalue weighted by Gasteiger charge is -2.06. The maximum absolute atomic E-state index is 12.0. The number of aromatic hydroxyl groups is 1. The average molecular weight is 348 g/mol. The summed E-state index contributed by atoms with van der Waals surface area (Å²) in [7, 11) is 1.60. The Kier molecular flexibility index (Phi) is 6.47. The average Bonchev–Trinajstić information content (AvgIpc) is 3.00. The molecule has 0 aliphatic rings. The summed E-state index contributed by atoms with van der Waals surface area (Å²) in [6, 6.07) is 3.07. The van der Waals surface area contributed by atoms with Crippen LogP contribution in [0.5, 0.6) is 5.88 Å². The fourth-order valence-electron chi connectivity index (χ4n) is 2.03. The normalized spacial score (nSPS) is 10.5. The van der Waals surface area contributed by atoms with Gasteiger partial charge in [0.25, 0.3) is 5.91 Å². The number of amides is 1. The highest BCUT2D eigenvalue weighted by Gasteiger charge is 2.19. The van der Waals surface area contributed by atoms with Crippen molar-refractivity contribution in [1.29, 1.82) is 0 Å². The predicted octanol–water partition coefficient (Wildman–Crippen LogP) is 0.916. The Balaban J connectivity index is 2.07. The third-order valence-corrected chi connectivity index (χ3v) is 3.28. The minimum absolute atomic E-state index is 0.0522. The molecule has 0 aliphatic heterocycles. The van der Waals surface area contributed by atoms with E-state index in [1.807, 2.05) is 0 Å². The summed E-state index contributed by atoms with van der Waals surface area (Å²) in [4.78, 5) is 27.7. The number of nitrogens with one attached hydrogen (secondary N) is 1. The second-order valence-electron chi connectivity index (χ2n) is 5.02. The van der Waals surface area contributed by atoms with Gasteiger partial charge in [0, 0.05) is 26.5 Å². The van der Waals surface area contributed by atoms with Gasteiger partial charge in [-0.3, -0.25) is 4.79 Å². The first-order valence-corrected chi connectivity index (χ1v) is 7.76. The minimum Gasteiger partial charge on any atom is -0.493 e. The van der Waals surface area contributed by atoms with E-state index in [1.165, 1.54) is 18.5 Å². The van der Waals surface area contributed by atoms with Crippen LogP contribution >= 0.6 is 0 Å². The van der Waals surface area contributed by atoms with Gasteiger partial charge in [0.1, 0.15) is 5.56 Å². The Hall–Kier alpha value is -2.94. The molecular weight excluding hydrogens is 328 g/mol. The van der Waals surface area contributed by atoms with Gasteiger partial charge in [-0.15, -0.1) is 0 Å². The van der Waals surface area contributed by atoms with Crippen molar-refractivity contribution in [1.82, 2.24) is 20.1 Å². The van der Waals surface area contributed by atoms with E-state index in [-0.39, 0.29) is 29.8 Å². The second-order valence-corrected chi connectivity index (χ2v) is 5.02. The maximum atomic E-state index is 12.0. The van der Waals surface area contributed by atoms with E-state index in [2.05, 4.69) is 15.4 Å². The molecule has 0 aromatic carbocycles. The topological polar surface area (TPSA) is 116 Å². The molecule has 2 heterocycles. The summed E-state index contributed by atoms with van der Waals surface area (Å²) in [5.41, 5.74) is 0.321. The number of hydrogen-bond acceptors (Lipinski definition) is 7. The highest BCUT2D eigenvalue weighted by Crippen LogP contribution is 2.20. The number of methoxy groups -OCH3 is 1. The van der Waals surface area contributed by atoms with Crippen LogP contribution in [0.3, 0.4) is 0 Å². The number of aromatic nitrogens is 3. The lowest BCUT2D eigenvalue weighted by Crippen LogP contribution is -2.25. The lowest BCUT2D eigenvalue weighted by molar-refractivity contribution is 0.0522. The van der Waals surface area contributed by atoms with Crippen LogP contribution in [-0.4, -0.2) is 58.6 Å².